The minimum Gasteiger partial charge on any atom is -0.226 e. The quantitative estimate of drug-likeness (QED) is 0.529. The van der Waals surface area contributed by atoms with E-state index >= 15 is 0 Å². The summed E-state index contributed by atoms with van der Waals surface area (Å²) in [4.78, 5) is 7.90. The number of fused-ring (bicyclic) bond motifs is 1. The molecule has 1 heterocycles. The number of nitrogens with zero attached hydrogens (tertiary/aromatic N) is 2. The summed E-state index contributed by atoms with van der Waals surface area (Å²) < 4.78 is 0. The Balaban J connectivity index is 2.59. The molecule has 0 bridgehead atoms. The van der Waals surface area contributed by atoms with Gasteiger partial charge in [-0.05, 0) is 11.6 Å². The molecule has 50 valence electrons. The van der Waals surface area contributed by atoms with Crippen LogP contribution in [-0.4, -0.2) is 9.97 Å². The van der Waals surface area contributed by atoms with Gasteiger partial charge >= 0.3 is 0 Å². The summed E-state index contributed by atoms with van der Waals surface area (Å²) in [6, 6.07) is 0. The van der Waals surface area contributed by atoms with Crippen molar-refractivity contribution < 1.29 is 0 Å². The van der Waals surface area contributed by atoms with E-state index in [-0.39, 0.29) is 0 Å². The predicted octanol–water partition coefficient (Wildman–Crippen LogP) is 1.70. The predicted molar refractivity (Wildman–Crippen MR) is 39.8 cm³/mol. The van der Waals surface area contributed by atoms with Gasteiger partial charge < -0.3 is 0 Å². The second kappa shape index (κ2) is 2.06. The molecule has 1 aromatic rings. The lowest BCUT2D eigenvalue weighted by molar-refractivity contribution is 1.06. The van der Waals surface area contributed by atoms with Crippen LogP contribution in [-0.2, 0) is 6.42 Å². The molecule has 0 unspecified atom stereocenters. The van der Waals surface area contributed by atoms with Gasteiger partial charge in [-0.2, -0.15) is 0 Å². The number of allylic oxidation sites excluding steroid dienone is 1. The fourth-order valence-corrected chi connectivity index (χ4v) is 1.15. The number of aromatic nitrogens is 2. The van der Waals surface area contributed by atoms with Gasteiger partial charge in [0.05, 0.1) is 5.69 Å². The zero-order chi connectivity index (χ0) is 6.97. The number of hydrogen-bond acceptors (Lipinski definition) is 2. The molecule has 1 aromatic heterocycles. The highest BCUT2D eigenvalue weighted by atomic mass is 35.5. The van der Waals surface area contributed by atoms with Crippen LogP contribution in [0.3, 0.4) is 0 Å². The molecule has 3 heteroatoms. The number of hydrogen-bond donors (Lipinski definition) is 0. The molecule has 0 amide bonds. The molecule has 1 aliphatic carbocycles. The summed E-state index contributed by atoms with van der Waals surface area (Å²) in [6.45, 7) is 0. The second-order valence-electron chi connectivity index (χ2n) is 2.15. The summed E-state index contributed by atoms with van der Waals surface area (Å²) in [5.41, 5.74) is 2.12. The highest BCUT2D eigenvalue weighted by Gasteiger charge is 2.06. The van der Waals surface area contributed by atoms with Gasteiger partial charge in [-0.25, -0.2) is 9.97 Å². The Bertz CT molecular complexity index is 294. The zero-order valence-electron chi connectivity index (χ0n) is 5.21. The first-order valence-electron chi connectivity index (χ1n) is 3.04. The van der Waals surface area contributed by atoms with Gasteiger partial charge in [0, 0.05) is 18.2 Å². The van der Waals surface area contributed by atoms with Crippen LogP contribution in [0.4, 0.5) is 0 Å². The van der Waals surface area contributed by atoms with Crippen LogP contribution in [0.1, 0.15) is 11.3 Å². The molecule has 2 nitrogen and oxygen atoms in total. The smallest absolute Gasteiger partial charge is 0.222 e. The van der Waals surface area contributed by atoms with Crippen LogP contribution in [0, 0.1) is 0 Å². The molecular weight excluding hydrogens is 148 g/mol. The molecule has 0 radical (unpaired) electrons. The van der Waals surface area contributed by atoms with E-state index in [1.807, 2.05) is 6.08 Å². The van der Waals surface area contributed by atoms with E-state index in [2.05, 4.69) is 16.0 Å². The third kappa shape index (κ3) is 0.809. The maximum atomic E-state index is 5.57. The van der Waals surface area contributed by atoms with Gasteiger partial charge in [0.1, 0.15) is 0 Å². The molecule has 0 spiro atoms. The van der Waals surface area contributed by atoms with E-state index in [1.165, 1.54) is 0 Å². The summed E-state index contributed by atoms with van der Waals surface area (Å²) in [7, 11) is 0. The van der Waals surface area contributed by atoms with Gasteiger partial charge in [0.15, 0.2) is 0 Å². The maximum absolute atomic E-state index is 5.57. The largest absolute Gasteiger partial charge is 0.226 e. The summed E-state index contributed by atoms with van der Waals surface area (Å²) in [5.74, 6) is 0. The lowest BCUT2D eigenvalue weighted by Gasteiger charge is -1.94. The fourth-order valence-electron chi connectivity index (χ4n) is 1.00. The molecule has 10 heavy (non-hydrogen) atoms. The topological polar surface area (TPSA) is 25.8 Å². The average Bonchev–Trinajstić information content (AvgIpc) is 2.33. The first-order chi connectivity index (χ1) is 4.86. The van der Waals surface area contributed by atoms with Crippen molar-refractivity contribution >= 4 is 17.7 Å². The third-order valence-corrected chi connectivity index (χ3v) is 1.66. The average molecular weight is 153 g/mol. The van der Waals surface area contributed by atoms with Gasteiger partial charge in [0.2, 0.25) is 5.28 Å². The van der Waals surface area contributed by atoms with E-state index in [1.54, 1.807) is 6.20 Å². The molecular formula is C7H5ClN2. The summed E-state index contributed by atoms with van der Waals surface area (Å²) in [6.07, 6.45) is 6.69. The SMILES string of the molecule is Clc1ncc2c(n1)CC=C2. The van der Waals surface area contributed by atoms with Crippen LogP contribution in [0.25, 0.3) is 6.08 Å². The molecule has 2 rings (SSSR count). The molecule has 0 fully saturated rings. The standard InChI is InChI=1S/C7H5ClN2/c8-7-9-4-5-2-1-3-6(5)10-7/h1-2,4H,3H2. The van der Waals surface area contributed by atoms with Crippen molar-refractivity contribution in [3.8, 4) is 0 Å². The van der Waals surface area contributed by atoms with Crippen LogP contribution in [0.5, 0.6) is 0 Å². The Morgan fingerprint density at radius 1 is 1.50 bits per heavy atom. The van der Waals surface area contributed by atoms with Crippen molar-refractivity contribution in [3.05, 3.63) is 28.8 Å². The highest BCUT2D eigenvalue weighted by Crippen LogP contribution is 2.16. The summed E-state index contributed by atoms with van der Waals surface area (Å²) in [5, 5.41) is 0.336. The van der Waals surface area contributed by atoms with E-state index in [4.69, 9.17) is 11.6 Å². The van der Waals surface area contributed by atoms with Crippen molar-refractivity contribution in [1.29, 1.82) is 0 Å². The van der Waals surface area contributed by atoms with E-state index < -0.39 is 0 Å². The zero-order valence-corrected chi connectivity index (χ0v) is 5.97. The Morgan fingerprint density at radius 2 is 2.40 bits per heavy atom. The van der Waals surface area contributed by atoms with Crippen LogP contribution in [0.15, 0.2) is 12.3 Å². The molecule has 0 saturated heterocycles. The van der Waals surface area contributed by atoms with Crippen molar-refractivity contribution in [2.75, 3.05) is 0 Å². The number of halogens is 1. The third-order valence-electron chi connectivity index (χ3n) is 1.48. The van der Waals surface area contributed by atoms with Gasteiger partial charge in [-0.1, -0.05) is 12.2 Å². The van der Waals surface area contributed by atoms with Crippen molar-refractivity contribution in [1.82, 2.24) is 9.97 Å². The molecule has 0 aromatic carbocycles. The molecule has 0 atom stereocenters. The normalized spacial score (nSPS) is 13.7. The lowest BCUT2D eigenvalue weighted by atomic mass is 10.3. The van der Waals surface area contributed by atoms with Crippen molar-refractivity contribution in [2.24, 2.45) is 0 Å². The first-order valence-corrected chi connectivity index (χ1v) is 3.42. The second-order valence-corrected chi connectivity index (χ2v) is 2.49. The van der Waals surface area contributed by atoms with E-state index in [9.17, 15) is 0 Å². The molecule has 1 aliphatic rings. The number of rotatable bonds is 0. The lowest BCUT2D eigenvalue weighted by Crippen LogP contribution is -1.90. The van der Waals surface area contributed by atoms with E-state index in [0.29, 0.717) is 5.28 Å². The first kappa shape index (κ1) is 5.86. The van der Waals surface area contributed by atoms with Gasteiger partial charge in [-0.15, -0.1) is 0 Å². The van der Waals surface area contributed by atoms with Crippen LogP contribution < -0.4 is 0 Å². The van der Waals surface area contributed by atoms with Crippen molar-refractivity contribution in [2.45, 2.75) is 6.42 Å². The molecule has 0 saturated carbocycles. The van der Waals surface area contributed by atoms with Crippen molar-refractivity contribution in [3.63, 3.8) is 0 Å². The van der Waals surface area contributed by atoms with Crippen LogP contribution in [0.2, 0.25) is 5.28 Å². The maximum Gasteiger partial charge on any atom is 0.222 e. The monoisotopic (exact) mass is 152 g/mol. The molecule has 0 N–H and O–H groups in total. The van der Waals surface area contributed by atoms with Gasteiger partial charge in [-0.3, -0.25) is 0 Å². The molecule has 0 aliphatic heterocycles. The van der Waals surface area contributed by atoms with E-state index in [0.717, 1.165) is 17.7 Å². The highest BCUT2D eigenvalue weighted by molar-refractivity contribution is 6.28. The minimum atomic E-state index is 0.336. The Hall–Kier alpha value is -0.890. The Kier molecular flexibility index (Phi) is 1.21. The Labute approximate surface area is 63.6 Å². The Morgan fingerprint density at radius 3 is 3.30 bits per heavy atom. The summed E-state index contributed by atoms with van der Waals surface area (Å²) >= 11 is 5.57. The minimum absolute atomic E-state index is 0.336. The van der Waals surface area contributed by atoms with Crippen LogP contribution >= 0.6 is 11.6 Å². The fraction of sp³-hybridized carbons (Fsp3) is 0.143. The van der Waals surface area contributed by atoms with Gasteiger partial charge in [0.25, 0.3) is 0 Å².